The highest BCUT2D eigenvalue weighted by atomic mass is 16.4. The van der Waals surface area contributed by atoms with Gasteiger partial charge in [-0.2, -0.15) is 4.99 Å². The number of aliphatic imine (C=N–C) groups is 1. The van der Waals surface area contributed by atoms with E-state index in [1.54, 1.807) is 6.92 Å². The number of isocyanates is 1. The van der Waals surface area contributed by atoms with Gasteiger partial charge in [0.2, 0.25) is 6.08 Å². The Morgan fingerprint density at radius 1 is 1.73 bits per heavy atom. The van der Waals surface area contributed by atoms with Crippen molar-refractivity contribution in [3.8, 4) is 0 Å². The number of hydrogen-bond acceptors (Lipinski definition) is 3. The maximum Gasteiger partial charge on any atom is 0.329 e. The summed E-state index contributed by atoms with van der Waals surface area (Å²) in [4.78, 5) is 23.4. The van der Waals surface area contributed by atoms with Crippen LogP contribution < -0.4 is 0 Å². The van der Waals surface area contributed by atoms with Crippen LogP contribution in [0, 0.1) is 5.92 Å². The maximum atomic E-state index is 10.4. The Morgan fingerprint density at radius 3 is 2.55 bits per heavy atom. The summed E-state index contributed by atoms with van der Waals surface area (Å²) in [5.74, 6) is -1.18. The largest absolute Gasteiger partial charge is 0.480 e. The van der Waals surface area contributed by atoms with Crippen LogP contribution >= 0.6 is 0 Å². The quantitative estimate of drug-likeness (QED) is 0.485. The molecule has 0 aliphatic heterocycles. The van der Waals surface area contributed by atoms with E-state index in [-0.39, 0.29) is 5.92 Å². The van der Waals surface area contributed by atoms with Crippen LogP contribution in [0.15, 0.2) is 4.99 Å². The first kappa shape index (κ1) is 9.85. The molecule has 1 N–H and O–H groups in total. The highest BCUT2D eigenvalue weighted by Gasteiger charge is 2.22. The van der Waals surface area contributed by atoms with Gasteiger partial charge < -0.3 is 5.11 Å². The molecule has 0 saturated carbocycles. The van der Waals surface area contributed by atoms with Gasteiger partial charge in [-0.25, -0.2) is 9.59 Å². The van der Waals surface area contributed by atoms with Crippen molar-refractivity contribution in [2.75, 3.05) is 0 Å². The van der Waals surface area contributed by atoms with Crippen molar-refractivity contribution in [3.05, 3.63) is 0 Å². The number of hydrogen-bond donors (Lipinski definition) is 1. The lowest BCUT2D eigenvalue weighted by molar-refractivity contribution is -0.139. The Labute approximate surface area is 64.9 Å². The predicted molar refractivity (Wildman–Crippen MR) is 39.0 cm³/mol. The molecule has 0 heterocycles. The van der Waals surface area contributed by atoms with Gasteiger partial charge in [-0.3, -0.25) is 0 Å². The van der Waals surface area contributed by atoms with E-state index in [0.717, 1.165) is 0 Å². The average molecular weight is 157 g/mol. The van der Waals surface area contributed by atoms with Crippen LogP contribution in [0.25, 0.3) is 0 Å². The van der Waals surface area contributed by atoms with E-state index in [1.807, 2.05) is 6.92 Å². The van der Waals surface area contributed by atoms with E-state index in [1.165, 1.54) is 6.08 Å². The van der Waals surface area contributed by atoms with E-state index in [2.05, 4.69) is 4.99 Å². The van der Waals surface area contributed by atoms with Crippen LogP contribution in [0.3, 0.4) is 0 Å². The van der Waals surface area contributed by atoms with E-state index in [0.29, 0.717) is 6.42 Å². The Kier molecular flexibility index (Phi) is 4.15. The van der Waals surface area contributed by atoms with Crippen molar-refractivity contribution in [1.29, 1.82) is 0 Å². The zero-order chi connectivity index (χ0) is 8.85. The normalized spacial score (nSPS) is 14.7. The molecule has 4 nitrogen and oxygen atoms in total. The van der Waals surface area contributed by atoms with Gasteiger partial charge in [0.15, 0.2) is 6.04 Å². The van der Waals surface area contributed by atoms with E-state index in [9.17, 15) is 9.59 Å². The molecule has 0 saturated heterocycles. The van der Waals surface area contributed by atoms with Gasteiger partial charge in [0.05, 0.1) is 0 Å². The van der Waals surface area contributed by atoms with Crippen molar-refractivity contribution in [2.24, 2.45) is 10.9 Å². The molecule has 0 radical (unpaired) electrons. The number of rotatable bonds is 4. The van der Waals surface area contributed by atoms with Crippen molar-refractivity contribution in [1.82, 2.24) is 0 Å². The molecule has 0 aromatic rings. The third kappa shape index (κ3) is 2.96. The minimum atomic E-state index is -1.07. The lowest BCUT2D eigenvalue weighted by Gasteiger charge is -2.11. The van der Waals surface area contributed by atoms with Crippen molar-refractivity contribution < 1.29 is 14.7 Å². The zero-order valence-corrected chi connectivity index (χ0v) is 6.57. The van der Waals surface area contributed by atoms with Crippen LogP contribution in [-0.2, 0) is 9.59 Å². The Bertz CT molecular complexity index is 182. The van der Waals surface area contributed by atoms with Gasteiger partial charge in [-0.15, -0.1) is 0 Å². The molecule has 0 unspecified atom stereocenters. The van der Waals surface area contributed by atoms with Gasteiger partial charge in [0.1, 0.15) is 0 Å². The topological polar surface area (TPSA) is 66.7 Å². The first-order chi connectivity index (χ1) is 5.13. The Morgan fingerprint density at radius 2 is 2.27 bits per heavy atom. The molecular weight excluding hydrogens is 146 g/mol. The Balaban J connectivity index is 4.32. The molecule has 0 aromatic carbocycles. The average Bonchev–Trinajstić information content (AvgIpc) is 1.98. The fourth-order valence-electron chi connectivity index (χ4n) is 0.706. The van der Waals surface area contributed by atoms with Crippen LogP contribution in [0.4, 0.5) is 0 Å². The van der Waals surface area contributed by atoms with Crippen molar-refractivity contribution >= 4 is 12.0 Å². The molecule has 4 heteroatoms. The molecule has 0 aliphatic carbocycles. The summed E-state index contributed by atoms with van der Waals surface area (Å²) in [6.45, 7) is 3.58. The lowest BCUT2D eigenvalue weighted by atomic mass is 10.0. The van der Waals surface area contributed by atoms with Crippen LogP contribution in [0.1, 0.15) is 20.3 Å². The highest BCUT2D eigenvalue weighted by molar-refractivity contribution is 5.75. The zero-order valence-electron chi connectivity index (χ0n) is 6.57. The second-order valence-corrected chi connectivity index (χ2v) is 2.39. The van der Waals surface area contributed by atoms with Gasteiger partial charge >= 0.3 is 5.97 Å². The molecule has 62 valence electrons. The summed E-state index contributed by atoms with van der Waals surface area (Å²) in [6, 6.07) is -0.933. The fourth-order valence-corrected chi connectivity index (χ4v) is 0.706. The van der Waals surface area contributed by atoms with E-state index in [4.69, 9.17) is 5.11 Å². The molecule has 0 spiro atoms. The molecule has 2 atom stereocenters. The molecule has 0 fully saturated rings. The third-order valence-corrected chi connectivity index (χ3v) is 1.63. The lowest BCUT2D eigenvalue weighted by Crippen LogP contribution is -2.25. The smallest absolute Gasteiger partial charge is 0.329 e. The summed E-state index contributed by atoms with van der Waals surface area (Å²) < 4.78 is 0. The van der Waals surface area contributed by atoms with Gasteiger partial charge in [0, 0.05) is 0 Å². The second-order valence-electron chi connectivity index (χ2n) is 2.39. The van der Waals surface area contributed by atoms with E-state index >= 15 is 0 Å². The predicted octanol–water partition coefficient (Wildman–Crippen LogP) is 0.822. The Hall–Kier alpha value is -1.15. The summed E-state index contributed by atoms with van der Waals surface area (Å²) in [7, 11) is 0. The number of nitrogens with zero attached hydrogens (tertiary/aromatic N) is 1. The number of carboxylic acids is 1. The van der Waals surface area contributed by atoms with Gasteiger partial charge in [-0.05, 0) is 5.92 Å². The molecule has 11 heavy (non-hydrogen) atoms. The molecule has 0 aliphatic rings. The SMILES string of the molecule is CC[C@@H](C)[C@@H](N=C=O)C(=O)O. The highest BCUT2D eigenvalue weighted by Crippen LogP contribution is 2.10. The minimum Gasteiger partial charge on any atom is -0.480 e. The van der Waals surface area contributed by atoms with Crippen molar-refractivity contribution in [2.45, 2.75) is 26.3 Å². The number of aliphatic carboxylic acids is 1. The minimum absolute atomic E-state index is 0.117. The van der Waals surface area contributed by atoms with Crippen LogP contribution in [0.5, 0.6) is 0 Å². The molecular formula is C7H11NO3. The third-order valence-electron chi connectivity index (χ3n) is 1.63. The summed E-state index contributed by atoms with van der Waals surface area (Å²) >= 11 is 0. The first-order valence-electron chi connectivity index (χ1n) is 3.43. The van der Waals surface area contributed by atoms with Gasteiger partial charge in [0.25, 0.3) is 0 Å². The molecule has 0 rings (SSSR count). The molecule has 0 amide bonds. The molecule has 0 aromatic heterocycles. The van der Waals surface area contributed by atoms with E-state index < -0.39 is 12.0 Å². The summed E-state index contributed by atoms with van der Waals surface area (Å²) in [6.07, 6.45) is 1.94. The van der Waals surface area contributed by atoms with Gasteiger partial charge in [-0.1, -0.05) is 20.3 Å². The number of carbonyl (C=O) groups excluding carboxylic acids is 1. The number of carboxylic acid groups (broad SMARTS) is 1. The van der Waals surface area contributed by atoms with Crippen LogP contribution in [-0.4, -0.2) is 23.2 Å². The second kappa shape index (κ2) is 4.63. The van der Waals surface area contributed by atoms with Crippen molar-refractivity contribution in [3.63, 3.8) is 0 Å². The number of carbonyl (C=O) groups is 1. The fraction of sp³-hybridized carbons (Fsp3) is 0.714. The first-order valence-corrected chi connectivity index (χ1v) is 3.43. The monoisotopic (exact) mass is 157 g/mol. The van der Waals surface area contributed by atoms with Crippen LogP contribution in [0.2, 0.25) is 0 Å². The molecule has 0 bridgehead atoms. The standard InChI is InChI=1S/C7H11NO3/c1-3-5(2)6(7(10)11)8-4-9/h5-6H,3H2,1-2H3,(H,10,11)/t5-,6-/m1/s1. The summed E-state index contributed by atoms with van der Waals surface area (Å²) in [5, 5.41) is 8.53. The summed E-state index contributed by atoms with van der Waals surface area (Å²) in [5.41, 5.74) is 0. The maximum absolute atomic E-state index is 10.4.